The minimum atomic E-state index is -4.03. The Labute approximate surface area is 153 Å². The Hall–Kier alpha value is -2.20. The molecule has 146 valence electrons. The molecule has 2 N–H and O–H groups in total. The molecule has 9 nitrogen and oxygen atoms in total. The van der Waals surface area contributed by atoms with E-state index in [1.807, 2.05) is 6.92 Å². The number of hydrogen-bond donors (Lipinski definition) is 2. The summed E-state index contributed by atoms with van der Waals surface area (Å²) in [5.74, 6) is 0. The number of sulfonamides is 1. The summed E-state index contributed by atoms with van der Waals surface area (Å²) in [6.45, 7) is 7.10. The molecule has 26 heavy (non-hydrogen) atoms. The van der Waals surface area contributed by atoms with Crippen molar-refractivity contribution in [2.75, 3.05) is 6.54 Å². The molecule has 0 aliphatic heterocycles. The van der Waals surface area contributed by atoms with Crippen LogP contribution in [0.3, 0.4) is 0 Å². The van der Waals surface area contributed by atoms with Crippen molar-refractivity contribution in [3.8, 4) is 0 Å². The molecule has 0 saturated carbocycles. The van der Waals surface area contributed by atoms with Crippen LogP contribution in [0.4, 0.5) is 10.5 Å². The van der Waals surface area contributed by atoms with Crippen LogP contribution in [0, 0.1) is 10.1 Å². The lowest BCUT2D eigenvalue weighted by molar-refractivity contribution is -0.387. The van der Waals surface area contributed by atoms with Gasteiger partial charge in [-0.1, -0.05) is 19.1 Å². The minimum Gasteiger partial charge on any atom is -0.444 e. The zero-order chi connectivity index (χ0) is 20.0. The zero-order valence-electron chi connectivity index (χ0n) is 15.3. The van der Waals surface area contributed by atoms with Crippen molar-refractivity contribution < 1.29 is 22.9 Å². The molecule has 10 heteroatoms. The molecule has 0 bridgehead atoms. The number of nitro benzene ring substituents is 1. The van der Waals surface area contributed by atoms with E-state index in [9.17, 15) is 23.3 Å². The van der Waals surface area contributed by atoms with Crippen LogP contribution in [0.1, 0.15) is 40.5 Å². The number of carbonyl (C=O) groups excluding carboxylic acids is 1. The number of nitrogens with zero attached hydrogens (tertiary/aromatic N) is 1. The van der Waals surface area contributed by atoms with Gasteiger partial charge in [-0.25, -0.2) is 17.9 Å². The van der Waals surface area contributed by atoms with E-state index < -0.39 is 37.2 Å². The largest absolute Gasteiger partial charge is 0.444 e. The molecule has 1 amide bonds. The molecule has 0 heterocycles. The van der Waals surface area contributed by atoms with Crippen LogP contribution in [-0.4, -0.2) is 37.6 Å². The summed E-state index contributed by atoms with van der Waals surface area (Å²) < 4.78 is 32.1. The lowest BCUT2D eigenvalue weighted by atomic mass is 10.1. The highest BCUT2D eigenvalue weighted by atomic mass is 32.2. The molecule has 0 spiro atoms. The zero-order valence-corrected chi connectivity index (χ0v) is 16.1. The van der Waals surface area contributed by atoms with Gasteiger partial charge < -0.3 is 10.1 Å². The maximum atomic E-state index is 12.3. The number of ether oxygens (including phenoxy) is 1. The van der Waals surface area contributed by atoms with Gasteiger partial charge in [0.2, 0.25) is 10.0 Å². The first-order valence-electron chi connectivity index (χ1n) is 8.19. The van der Waals surface area contributed by atoms with Gasteiger partial charge in [-0.3, -0.25) is 10.1 Å². The first-order valence-corrected chi connectivity index (χ1v) is 9.67. The van der Waals surface area contributed by atoms with E-state index >= 15 is 0 Å². The van der Waals surface area contributed by atoms with Gasteiger partial charge in [0.15, 0.2) is 4.90 Å². The van der Waals surface area contributed by atoms with E-state index in [1.54, 1.807) is 20.8 Å². The van der Waals surface area contributed by atoms with Crippen molar-refractivity contribution in [2.45, 2.75) is 57.1 Å². The van der Waals surface area contributed by atoms with Crippen molar-refractivity contribution in [3.05, 3.63) is 34.4 Å². The first kappa shape index (κ1) is 21.8. The van der Waals surface area contributed by atoms with Crippen LogP contribution in [0.15, 0.2) is 29.2 Å². The average molecular weight is 387 g/mol. The predicted molar refractivity (Wildman–Crippen MR) is 96.4 cm³/mol. The van der Waals surface area contributed by atoms with Gasteiger partial charge in [0.05, 0.1) is 4.92 Å². The molecular formula is C16H25N3O6S. The average Bonchev–Trinajstić information content (AvgIpc) is 2.52. The Balaban J connectivity index is 2.68. The van der Waals surface area contributed by atoms with Gasteiger partial charge in [-0.15, -0.1) is 0 Å². The van der Waals surface area contributed by atoms with E-state index in [-0.39, 0.29) is 12.6 Å². The third-order valence-corrected chi connectivity index (χ3v) is 4.86. The molecule has 0 fully saturated rings. The summed E-state index contributed by atoms with van der Waals surface area (Å²) in [7, 11) is -4.03. The van der Waals surface area contributed by atoms with Gasteiger partial charge in [-0.05, 0) is 39.7 Å². The van der Waals surface area contributed by atoms with Crippen molar-refractivity contribution in [1.82, 2.24) is 10.0 Å². The van der Waals surface area contributed by atoms with E-state index in [4.69, 9.17) is 4.74 Å². The van der Waals surface area contributed by atoms with Gasteiger partial charge in [0.1, 0.15) is 5.60 Å². The highest BCUT2D eigenvalue weighted by Gasteiger charge is 2.25. The van der Waals surface area contributed by atoms with E-state index in [0.29, 0.717) is 12.8 Å². The number of alkyl carbamates (subject to hydrolysis) is 1. The predicted octanol–water partition coefficient (Wildman–Crippen LogP) is 2.57. The van der Waals surface area contributed by atoms with Crippen LogP contribution in [-0.2, 0) is 14.8 Å². The van der Waals surface area contributed by atoms with Gasteiger partial charge in [0.25, 0.3) is 5.69 Å². The summed E-state index contributed by atoms with van der Waals surface area (Å²) in [6.07, 6.45) is 0.313. The minimum absolute atomic E-state index is 0.0166. The summed E-state index contributed by atoms with van der Waals surface area (Å²) in [4.78, 5) is 21.6. The SMILES string of the molecule is CCC(CCNS(=O)(=O)c1ccccc1[N+](=O)[O-])NC(=O)OC(C)(C)C. The van der Waals surface area contributed by atoms with Gasteiger partial charge in [0, 0.05) is 18.7 Å². The second-order valence-corrected chi connectivity index (χ2v) is 8.40. The normalized spacial score (nSPS) is 13.1. The quantitative estimate of drug-likeness (QED) is 0.521. The Morgan fingerprint density at radius 1 is 1.31 bits per heavy atom. The van der Waals surface area contributed by atoms with Gasteiger partial charge in [-0.2, -0.15) is 0 Å². The monoisotopic (exact) mass is 387 g/mol. The second kappa shape index (κ2) is 8.95. The van der Waals surface area contributed by atoms with Crippen LogP contribution in [0.25, 0.3) is 0 Å². The third kappa shape index (κ3) is 6.96. The standard InChI is InChI=1S/C16H25N3O6S/c1-5-12(18-15(20)25-16(2,3)4)10-11-17-26(23,24)14-9-7-6-8-13(14)19(21)22/h6-9,12,17H,5,10-11H2,1-4H3,(H,18,20). The topological polar surface area (TPSA) is 128 Å². The van der Waals surface area contributed by atoms with Crippen LogP contribution in [0.5, 0.6) is 0 Å². The molecule has 1 rings (SSSR count). The van der Waals surface area contributed by atoms with Crippen LogP contribution in [0.2, 0.25) is 0 Å². The fraction of sp³-hybridized carbons (Fsp3) is 0.562. The van der Waals surface area contributed by atoms with Crippen molar-refractivity contribution in [1.29, 1.82) is 0 Å². The maximum absolute atomic E-state index is 12.3. The summed E-state index contributed by atoms with van der Waals surface area (Å²) >= 11 is 0. The molecule has 0 aliphatic rings. The fourth-order valence-electron chi connectivity index (χ4n) is 2.13. The molecule has 0 saturated heterocycles. The summed E-state index contributed by atoms with van der Waals surface area (Å²) in [5.41, 5.74) is -1.12. The fourth-order valence-corrected chi connectivity index (χ4v) is 3.35. The second-order valence-electron chi connectivity index (χ2n) is 6.66. The molecule has 1 aromatic rings. The molecule has 0 aromatic heterocycles. The van der Waals surface area contributed by atoms with Crippen LogP contribution >= 0.6 is 0 Å². The number of para-hydroxylation sites is 1. The number of rotatable bonds is 8. The van der Waals surface area contributed by atoms with Crippen molar-refractivity contribution in [2.24, 2.45) is 0 Å². The molecule has 0 aliphatic carbocycles. The summed E-state index contributed by atoms with van der Waals surface area (Å²) in [6, 6.07) is 4.83. The van der Waals surface area contributed by atoms with Crippen LogP contribution < -0.4 is 10.0 Å². The highest BCUT2D eigenvalue weighted by molar-refractivity contribution is 7.89. The Morgan fingerprint density at radius 2 is 1.92 bits per heavy atom. The number of hydrogen-bond acceptors (Lipinski definition) is 6. The van der Waals surface area contributed by atoms with Gasteiger partial charge >= 0.3 is 6.09 Å². The number of nitro groups is 1. The lowest BCUT2D eigenvalue weighted by Gasteiger charge is -2.23. The molecule has 0 radical (unpaired) electrons. The Morgan fingerprint density at radius 3 is 2.46 bits per heavy atom. The Bertz CT molecular complexity index is 743. The number of carbonyl (C=O) groups is 1. The number of amides is 1. The third-order valence-electron chi connectivity index (χ3n) is 3.35. The smallest absolute Gasteiger partial charge is 0.407 e. The van der Waals surface area contributed by atoms with E-state index in [1.165, 1.54) is 18.2 Å². The van der Waals surface area contributed by atoms with Crippen molar-refractivity contribution in [3.63, 3.8) is 0 Å². The first-order chi connectivity index (χ1) is 12.0. The van der Waals surface area contributed by atoms with E-state index in [2.05, 4.69) is 10.0 Å². The van der Waals surface area contributed by atoms with E-state index in [0.717, 1.165) is 6.07 Å². The lowest BCUT2D eigenvalue weighted by Crippen LogP contribution is -2.40. The number of nitrogens with one attached hydrogen (secondary N) is 2. The Kier molecular flexibility index (Phi) is 7.52. The molecule has 1 aromatic carbocycles. The number of benzene rings is 1. The summed E-state index contributed by atoms with van der Waals surface area (Å²) in [5, 5.41) is 13.7. The molecule has 1 atom stereocenters. The van der Waals surface area contributed by atoms with Crippen molar-refractivity contribution >= 4 is 21.8 Å². The molecular weight excluding hydrogens is 362 g/mol. The maximum Gasteiger partial charge on any atom is 0.407 e. The highest BCUT2D eigenvalue weighted by Crippen LogP contribution is 2.22. The molecule has 1 unspecified atom stereocenters.